The largest absolute Gasteiger partial charge is 0.478 e. The number of aryl methyl sites for hydroxylation is 1. The highest BCUT2D eigenvalue weighted by Crippen LogP contribution is 2.13. The highest BCUT2D eigenvalue weighted by Gasteiger charge is 2.01. The van der Waals surface area contributed by atoms with E-state index in [4.69, 9.17) is 4.74 Å². The number of rotatable bonds is 8. The van der Waals surface area contributed by atoms with Gasteiger partial charge in [0.2, 0.25) is 5.88 Å². The van der Waals surface area contributed by atoms with Crippen LogP contribution in [0.2, 0.25) is 0 Å². The van der Waals surface area contributed by atoms with Gasteiger partial charge in [-0.2, -0.15) is 16.7 Å². The number of anilines is 1. The predicted octanol–water partition coefficient (Wildman–Crippen LogP) is 2.74. The van der Waals surface area contributed by atoms with Crippen molar-refractivity contribution in [2.45, 2.75) is 26.7 Å². The molecule has 0 saturated heterocycles. The van der Waals surface area contributed by atoms with E-state index in [0.29, 0.717) is 12.5 Å². The zero-order valence-electron chi connectivity index (χ0n) is 10.8. The van der Waals surface area contributed by atoms with Gasteiger partial charge in [0.05, 0.1) is 6.61 Å². The van der Waals surface area contributed by atoms with Crippen molar-refractivity contribution < 1.29 is 4.74 Å². The summed E-state index contributed by atoms with van der Waals surface area (Å²) >= 11 is 1.89. The van der Waals surface area contributed by atoms with E-state index in [1.807, 2.05) is 31.7 Å². The molecule has 1 heterocycles. The average molecular weight is 255 g/mol. The summed E-state index contributed by atoms with van der Waals surface area (Å²) in [7, 11) is 0. The molecule has 0 amide bonds. The Balaban J connectivity index is 2.41. The van der Waals surface area contributed by atoms with Gasteiger partial charge in [-0.15, -0.1) is 0 Å². The number of hydrogen-bond donors (Lipinski definition) is 1. The van der Waals surface area contributed by atoms with E-state index in [0.717, 1.165) is 24.6 Å². The Kier molecular flexibility index (Phi) is 6.77. The summed E-state index contributed by atoms with van der Waals surface area (Å²) in [6.45, 7) is 5.40. The van der Waals surface area contributed by atoms with E-state index in [1.165, 1.54) is 12.2 Å². The van der Waals surface area contributed by atoms with E-state index >= 15 is 0 Å². The Morgan fingerprint density at radius 1 is 1.35 bits per heavy atom. The van der Waals surface area contributed by atoms with E-state index in [1.54, 1.807) is 0 Å². The lowest BCUT2D eigenvalue weighted by Gasteiger charge is -2.08. The molecular formula is C12H21N3OS. The molecular weight excluding hydrogens is 234 g/mol. The maximum atomic E-state index is 5.38. The van der Waals surface area contributed by atoms with Crippen LogP contribution in [0.4, 0.5) is 5.82 Å². The second kappa shape index (κ2) is 8.17. The Morgan fingerprint density at radius 2 is 2.18 bits per heavy atom. The van der Waals surface area contributed by atoms with Gasteiger partial charge in [0.25, 0.3) is 0 Å². The molecule has 0 atom stereocenters. The second-order valence-electron chi connectivity index (χ2n) is 3.70. The molecule has 0 saturated carbocycles. The van der Waals surface area contributed by atoms with Gasteiger partial charge >= 0.3 is 0 Å². The number of thioether (sulfide) groups is 1. The molecule has 0 aliphatic carbocycles. The smallest absolute Gasteiger partial charge is 0.218 e. The summed E-state index contributed by atoms with van der Waals surface area (Å²) in [6, 6.07) is 1.85. The van der Waals surface area contributed by atoms with Crippen molar-refractivity contribution in [3.8, 4) is 5.88 Å². The Bertz CT molecular complexity index is 334. The molecule has 0 aliphatic heterocycles. The van der Waals surface area contributed by atoms with Crippen molar-refractivity contribution in [1.82, 2.24) is 9.97 Å². The number of hydrogen-bond acceptors (Lipinski definition) is 5. The van der Waals surface area contributed by atoms with E-state index in [-0.39, 0.29) is 0 Å². The quantitative estimate of drug-likeness (QED) is 0.724. The Morgan fingerprint density at radius 3 is 2.88 bits per heavy atom. The van der Waals surface area contributed by atoms with Gasteiger partial charge in [-0.25, -0.2) is 4.98 Å². The molecule has 1 N–H and O–H groups in total. The summed E-state index contributed by atoms with van der Waals surface area (Å²) in [4.78, 5) is 8.53. The van der Waals surface area contributed by atoms with Gasteiger partial charge in [-0.1, -0.05) is 0 Å². The number of ether oxygens (including phenoxy) is 1. The van der Waals surface area contributed by atoms with E-state index in [2.05, 4.69) is 21.5 Å². The molecule has 17 heavy (non-hydrogen) atoms. The van der Waals surface area contributed by atoms with Crippen LogP contribution < -0.4 is 10.1 Å². The van der Waals surface area contributed by atoms with Crippen LogP contribution in [-0.4, -0.2) is 35.1 Å². The van der Waals surface area contributed by atoms with Crippen molar-refractivity contribution in [2.24, 2.45) is 0 Å². The summed E-state index contributed by atoms with van der Waals surface area (Å²) in [5, 5.41) is 3.30. The Labute approximate surface area is 108 Å². The van der Waals surface area contributed by atoms with Crippen molar-refractivity contribution >= 4 is 17.6 Å². The third-order valence-corrected chi connectivity index (χ3v) is 2.88. The van der Waals surface area contributed by atoms with Gasteiger partial charge in [0.15, 0.2) is 0 Å². The summed E-state index contributed by atoms with van der Waals surface area (Å²) in [6.07, 6.45) is 4.53. The molecule has 1 aromatic heterocycles. The molecule has 96 valence electrons. The van der Waals surface area contributed by atoms with Crippen LogP contribution >= 0.6 is 11.8 Å². The minimum Gasteiger partial charge on any atom is -0.478 e. The SMILES string of the molecule is CCOc1cc(NCCCCSC)nc(C)n1. The van der Waals surface area contributed by atoms with E-state index < -0.39 is 0 Å². The highest BCUT2D eigenvalue weighted by molar-refractivity contribution is 7.98. The number of aromatic nitrogens is 2. The Hall–Kier alpha value is -0.970. The second-order valence-corrected chi connectivity index (χ2v) is 4.68. The normalized spacial score (nSPS) is 10.3. The first-order chi connectivity index (χ1) is 8.26. The summed E-state index contributed by atoms with van der Waals surface area (Å²) in [5.74, 6) is 3.45. The van der Waals surface area contributed by atoms with Crippen LogP contribution in [0.1, 0.15) is 25.6 Å². The van der Waals surface area contributed by atoms with Gasteiger partial charge in [0.1, 0.15) is 11.6 Å². The van der Waals surface area contributed by atoms with Crippen LogP contribution in [0.3, 0.4) is 0 Å². The van der Waals surface area contributed by atoms with Gasteiger partial charge in [-0.3, -0.25) is 0 Å². The fourth-order valence-corrected chi connectivity index (χ4v) is 1.93. The minimum atomic E-state index is 0.629. The standard InChI is InChI=1S/C12H21N3OS/c1-4-16-12-9-11(14-10(2)15-12)13-7-5-6-8-17-3/h9H,4-8H2,1-3H3,(H,13,14,15). The molecule has 0 fully saturated rings. The van der Waals surface area contributed by atoms with Crippen LogP contribution in [0, 0.1) is 6.92 Å². The molecule has 5 heteroatoms. The monoisotopic (exact) mass is 255 g/mol. The average Bonchev–Trinajstić information content (AvgIpc) is 2.28. The zero-order valence-corrected chi connectivity index (χ0v) is 11.6. The number of nitrogens with one attached hydrogen (secondary N) is 1. The third-order valence-electron chi connectivity index (χ3n) is 2.19. The van der Waals surface area contributed by atoms with Crippen molar-refractivity contribution in [2.75, 3.05) is 30.5 Å². The third kappa shape index (κ3) is 5.77. The lowest BCUT2D eigenvalue weighted by atomic mass is 10.3. The highest BCUT2D eigenvalue weighted by atomic mass is 32.2. The topological polar surface area (TPSA) is 47.0 Å². The fourth-order valence-electron chi connectivity index (χ4n) is 1.44. The molecule has 0 aliphatic rings. The molecule has 1 aromatic rings. The summed E-state index contributed by atoms with van der Waals surface area (Å²) in [5.41, 5.74) is 0. The first-order valence-electron chi connectivity index (χ1n) is 5.97. The molecule has 4 nitrogen and oxygen atoms in total. The first-order valence-corrected chi connectivity index (χ1v) is 7.37. The van der Waals surface area contributed by atoms with Gasteiger partial charge < -0.3 is 10.1 Å². The molecule has 0 bridgehead atoms. The minimum absolute atomic E-state index is 0.629. The summed E-state index contributed by atoms with van der Waals surface area (Å²) < 4.78 is 5.38. The van der Waals surface area contributed by atoms with Crippen molar-refractivity contribution in [3.63, 3.8) is 0 Å². The predicted molar refractivity (Wildman–Crippen MR) is 74.0 cm³/mol. The molecule has 0 spiro atoms. The number of nitrogens with zero attached hydrogens (tertiary/aromatic N) is 2. The van der Waals surface area contributed by atoms with Crippen molar-refractivity contribution in [1.29, 1.82) is 0 Å². The fraction of sp³-hybridized carbons (Fsp3) is 0.667. The molecule has 0 unspecified atom stereocenters. The maximum Gasteiger partial charge on any atom is 0.218 e. The lowest BCUT2D eigenvalue weighted by Crippen LogP contribution is -2.06. The van der Waals surface area contributed by atoms with Gasteiger partial charge in [0, 0.05) is 12.6 Å². The molecule has 1 rings (SSSR count). The van der Waals surface area contributed by atoms with Crippen molar-refractivity contribution in [3.05, 3.63) is 11.9 Å². The van der Waals surface area contributed by atoms with E-state index in [9.17, 15) is 0 Å². The van der Waals surface area contributed by atoms with Crippen LogP contribution in [0.25, 0.3) is 0 Å². The maximum absolute atomic E-state index is 5.38. The first kappa shape index (κ1) is 14.1. The number of unbranched alkanes of at least 4 members (excludes halogenated alkanes) is 1. The molecule has 0 radical (unpaired) electrons. The zero-order chi connectivity index (χ0) is 12.5. The van der Waals surface area contributed by atoms with Crippen LogP contribution in [0.15, 0.2) is 6.07 Å². The lowest BCUT2D eigenvalue weighted by molar-refractivity contribution is 0.325. The van der Waals surface area contributed by atoms with Gasteiger partial charge in [-0.05, 0) is 38.7 Å². The molecule has 0 aromatic carbocycles. The van der Waals surface area contributed by atoms with Crippen LogP contribution in [-0.2, 0) is 0 Å². The van der Waals surface area contributed by atoms with Crippen LogP contribution in [0.5, 0.6) is 5.88 Å².